The molecule has 0 amide bonds. The summed E-state index contributed by atoms with van der Waals surface area (Å²) in [6.07, 6.45) is -0.409. The molecule has 1 saturated heterocycles. The molecule has 5 heteroatoms. The van der Waals surface area contributed by atoms with Gasteiger partial charge in [-0.15, -0.1) is 0 Å². The lowest BCUT2D eigenvalue weighted by atomic mass is 10.2. The molecule has 1 N–H and O–H groups in total. The van der Waals surface area contributed by atoms with Gasteiger partial charge in [-0.1, -0.05) is 18.3 Å². The van der Waals surface area contributed by atoms with E-state index < -0.39 is 6.10 Å². The zero-order valence-corrected chi connectivity index (χ0v) is 12.4. The molecule has 17 heavy (non-hydrogen) atoms. The van der Waals surface area contributed by atoms with Crippen LogP contribution in [0.4, 0.5) is 5.13 Å². The smallest absolute Gasteiger partial charge is 0.186 e. The van der Waals surface area contributed by atoms with Gasteiger partial charge in [-0.3, -0.25) is 0 Å². The third-order valence-electron chi connectivity index (χ3n) is 3.33. The number of thioether (sulfide) groups is 1. The fourth-order valence-corrected chi connectivity index (χ4v) is 4.32. The van der Waals surface area contributed by atoms with Crippen LogP contribution in [0.25, 0.3) is 0 Å². The van der Waals surface area contributed by atoms with Crippen molar-refractivity contribution in [2.45, 2.75) is 45.1 Å². The number of anilines is 1. The Kier molecular flexibility index (Phi) is 4.00. The average molecular weight is 272 g/mol. The highest BCUT2D eigenvalue weighted by Crippen LogP contribution is 2.35. The number of hydrogen-bond acceptors (Lipinski definition) is 5. The van der Waals surface area contributed by atoms with E-state index in [0.717, 1.165) is 28.0 Å². The predicted octanol–water partition coefficient (Wildman–Crippen LogP) is 2.84. The van der Waals surface area contributed by atoms with Gasteiger partial charge in [-0.05, 0) is 20.8 Å². The van der Waals surface area contributed by atoms with Crippen molar-refractivity contribution in [2.24, 2.45) is 0 Å². The highest BCUT2D eigenvalue weighted by Gasteiger charge is 2.28. The van der Waals surface area contributed by atoms with Gasteiger partial charge in [-0.25, -0.2) is 4.98 Å². The number of aryl methyl sites for hydroxylation is 1. The van der Waals surface area contributed by atoms with Crippen molar-refractivity contribution in [1.29, 1.82) is 0 Å². The van der Waals surface area contributed by atoms with Gasteiger partial charge in [0.15, 0.2) is 5.13 Å². The molecule has 3 nitrogen and oxygen atoms in total. The molecule has 0 spiro atoms. The second kappa shape index (κ2) is 5.16. The Bertz CT molecular complexity index is 392. The van der Waals surface area contributed by atoms with Crippen molar-refractivity contribution < 1.29 is 5.11 Å². The van der Waals surface area contributed by atoms with E-state index in [1.54, 1.807) is 11.3 Å². The molecule has 2 heterocycles. The molecule has 1 fully saturated rings. The zero-order chi connectivity index (χ0) is 12.6. The number of rotatable bonds is 2. The van der Waals surface area contributed by atoms with Crippen LogP contribution in [0, 0.1) is 6.92 Å². The molecular formula is C12H20N2OS2. The Hall–Kier alpha value is -0.260. The first kappa shape index (κ1) is 13.2. The number of hydrogen-bond donors (Lipinski definition) is 1. The van der Waals surface area contributed by atoms with Gasteiger partial charge in [0.2, 0.25) is 0 Å². The minimum absolute atomic E-state index is 0.409. The number of aromatic nitrogens is 1. The van der Waals surface area contributed by atoms with E-state index in [0.29, 0.717) is 11.3 Å². The van der Waals surface area contributed by atoms with Crippen molar-refractivity contribution >= 4 is 28.2 Å². The van der Waals surface area contributed by atoms with Crippen LogP contribution in [0.5, 0.6) is 0 Å². The SMILES string of the molecule is Cc1nc(N2CCSC(C)C2C)sc1C(C)O. The van der Waals surface area contributed by atoms with Crippen LogP contribution < -0.4 is 4.90 Å². The molecule has 3 unspecified atom stereocenters. The van der Waals surface area contributed by atoms with E-state index in [-0.39, 0.29) is 0 Å². The van der Waals surface area contributed by atoms with Gasteiger partial charge in [0, 0.05) is 23.6 Å². The Morgan fingerprint density at radius 1 is 1.47 bits per heavy atom. The molecule has 0 radical (unpaired) electrons. The quantitative estimate of drug-likeness (QED) is 0.898. The molecule has 0 aromatic carbocycles. The molecule has 0 bridgehead atoms. The first-order valence-corrected chi connectivity index (χ1v) is 7.91. The largest absolute Gasteiger partial charge is 0.388 e. The molecule has 0 aliphatic carbocycles. The Morgan fingerprint density at radius 3 is 2.76 bits per heavy atom. The summed E-state index contributed by atoms with van der Waals surface area (Å²) in [7, 11) is 0. The van der Waals surface area contributed by atoms with E-state index in [1.165, 1.54) is 0 Å². The fourth-order valence-electron chi connectivity index (χ4n) is 2.11. The molecule has 1 aromatic rings. The van der Waals surface area contributed by atoms with Gasteiger partial charge in [0.25, 0.3) is 0 Å². The maximum Gasteiger partial charge on any atom is 0.186 e. The number of thiazole rings is 1. The van der Waals surface area contributed by atoms with Crippen LogP contribution in [0.2, 0.25) is 0 Å². The van der Waals surface area contributed by atoms with Crippen molar-refractivity contribution in [2.75, 3.05) is 17.2 Å². The lowest BCUT2D eigenvalue weighted by molar-refractivity contribution is 0.202. The van der Waals surface area contributed by atoms with E-state index >= 15 is 0 Å². The van der Waals surface area contributed by atoms with Gasteiger partial charge in [0.05, 0.1) is 16.7 Å². The van der Waals surface area contributed by atoms with Gasteiger partial charge < -0.3 is 10.0 Å². The normalized spacial score (nSPS) is 27.2. The van der Waals surface area contributed by atoms with Crippen LogP contribution in [-0.2, 0) is 0 Å². The molecule has 2 rings (SSSR count). The lowest BCUT2D eigenvalue weighted by Gasteiger charge is -2.37. The fraction of sp³-hybridized carbons (Fsp3) is 0.750. The lowest BCUT2D eigenvalue weighted by Crippen LogP contribution is -2.44. The van der Waals surface area contributed by atoms with Crippen LogP contribution in [0.1, 0.15) is 37.4 Å². The number of nitrogens with zero attached hydrogens (tertiary/aromatic N) is 2. The topological polar surface area (TPSA) is 36.4 Å². The summed E-state index contributed by atoms with van der Waals surface area (Å²) in [5, 5.41) is 11.4. The van der Waals surface area contributed by atoms with Crippen molar-refractivity contribution in [3.8, 4) is 0 Å². The first-order valence-electron chi connectivity index (χ1n) is 6.04. The Balaban J connectivity index is 2.24. The molecular weight excluding hydrogens is 252 g/mol. The van der Waals surface area contributed by atoms with Gasteiger partial charge >= 0.3 is 0 Å². The van der Waals surface area contributed by atoms with Crippen molar-refractivity contribution in [3.63, 3.8) is 0 Å². The Labute approximate surface area is 111 Å². The van der Waals surface area contributed by atoms with E-state index in [1.807, 2.05) is 25.6 Å². The predicted molar refractivity (Wildman–Crippen MR) is 76.2 cm³/mol. The van der Waals surface area contributed by atoms with Crippen molar-refractivity contribution in [3.05, 3.63) is 10.6 Å². The molecule has 1 aromatic heterocycles. The average Bonchev–Trinajstić information content (AvgIpc) is 2.64. The minimum atomic E-state index is -0.409. The third-order valence-corrected chi connectivity index (χ3v) is 6.03. The van der Waals surface area contributed by atoms with Crippen LogP contribution in [-0.4, -0.2) is 33.7 Å². The monoisotopic (exact) mass is 272 g/mol. The number of aliphatic hydroxyl groups excluding tert-OH is 1. The summed E-state index contributed by atoms with van der Waals surface area (Å²) < 4.78 is 0. The van der Waals surface area contributed by atoms with E-state index in [4.69, 9.17) is 0 Å². The van der Waals surface area contributed by atoms with Crippen molar-refractivity contribution in [1.82, 2.24) is 4.98 Å². The summed E-state index contributed by atoms with van der Waals surface area (Å²) in [5.74, 6) is 1.16. The minimum Gasteiger partial charge on any atom is -0.388 e. The van der Waals surface area contributed by atoms with E-state index in [9.17, 15) is 5.11 Å². The number of aliphatic hydroxyl groups is 1. The van der Waals surface area contributed by atoms with E-state index in [2.05, 4.69) is 23.7 Å². The summed E-state index contributed by atoms with van der Waals surface area (Å²) in [6, 6.07) is 0.515. The second-order valence-corrected chi connectivity index (χ2v) is 7.13. The summed E-state index contributed by atoms with van der Waals surface area (Å²) >= 11 is 3.66. The highest BCUT2D eigenvalue weighted by molar-refractivity contribution is 8.00. The van der Waals surface area contributed by atoms with Crippen LogP contribution >= 0.6 is 23.1 Å². The van der Waals surface area contributed by atoms with Crippen LogP contribution in [0.15, 0.2) is 0 Å². The molecule has 0 saturated carbocycles. The summed E-state index contributed by atoms with van der Waals surface area (Å²) in [4.78, 5) is 7.99. The standard InChI is InChI=1S/C12H20N2OS2/c1-7-11(9(3)15)17-12(13-7)14-5-6-16-10(4)8(14)2/h8-10,15H,5-6H2,1-4H3. The second-order valence-electron chi connectivity index (χ2n) is 4.63. The van der Waals surface area contributed by atoms with Crippen LogP contribution in [0.3, 0.4) is 0 Å². The third kappa shape index (κ3) is 2.61. The summed E-state index contributed by atoms with van der Waals surface area (Å²) in [6.45, 7) is 9.38. The zero-order valence-electron chi connectivity index (χ0n) is 10.8. The maximum absolute atomic E-state index is 9.68. The first-order chi connectivity index (χ1) is 8.00. The van der Waals surface area contributed by atoms with Gasteiger partial charge in [-0.2, -0.15) is 11.8 Å². The van der Waals surface area contributed by atoms with Gasteiger partial charge in [0.1, 0.15) is 0 Å². The molecule has 1 aliphatic rings. The Morgan fingerprint density at radius 2 is 2.18 bits per heavy atom. The molecule has 96 valence electrons. The highest BCUT2D eigenvalue weighted by atomic mass is 32.2. The summed E-state index contributed by atoms with van der Waals surface area (Å²) in [5.41, 5.74) is 0.970. The molecule has 1 aliphatic heterocycles. The maximum atomic E-state index is 9.68. The molecule has 3 atom stereocenters.